The number of halogens is 3. The van der Waals surface area contributed by atoms with Crippen LogP contribution < -0.4 is 0 Å². The smallest absolute Gasteiger partial charge is 0.275 e. The average Bonchev–Trinajstić information content (AvgIpc) is 3.36. The maximum absolute atomic E-state index is 15.6. The molecular weight excluding hydrogens is 724 g/mol. The van der Waals surface area contributed by atoms with Crippen molar-refractivity contribution in [2.45, 2.75) is 77.0 Å². The first-order chi connectivity index (χ1) is 24.4. The van der Waals surface area contributed by atoms with E-state index in [0.29, 0.717) is 57.7 Å². The van der Waals surface area contributed by atoms with Crippen molar-refractivity contribution in [3.8, 4) is 11.3 Å². The van der Waals surface area contributed by atoms with Crippen molar-refractivity contribution in [1.82, 2.24) is 44.4 Å². The Balaban J connectivity index is 1.15. The number of allylic oxidation sites excluding steroid dienone is 1. The number of hydrogen-bond donors (Lipinski definition) is 0. The van der Waals surface area contributed by atoms with Gasteiger partial charge in [-0.05, 0) is 72.5 Å². The molecule has 0 N–H and O–H groups in total. The molecule has 4 bridgehead atoms. The number of carbonyl (C=O) groups excluding carboxylic acids is 3. The third-order valence-electron chi connectivity index (χ3n) is 10.1. The van der Waals surface area contributed by atoms with Crippen LogP contribution in [0.15, 0.2) is 59.7 Å². The Bertz CT molecular complexity index is 2270. The standard InChI is InChI=1S/C36H32BrF2N9O3/c1-20(49)34-24-11-26(22-15-40-21(2)41-16-22)42-17-29(24)47(45-34)18-33(51)48-28-13-35(14-31(35)48)19-46-10-8-23(44-46)5-3-4-9-36(38,39)25-6-7-32(37)43-27(25)12-30(28)50/h3,5-8,10-11,15-17,28,31H,4,9,12-14,18-19H2,1-2H3/t28-,31+,35-/m0/s1. The average molecular weight is 757 g/mol. The van der Waals surface area contributed by atoms with Gasteiger partial charge in [0.25, 0.3) is 5.92 Å². The molecule has 5 aromatic rings. The lowest BCUT2D eigenvalue weighted by molar-refractivity contribution is -0.139. The molecule has 1 amide bonds. The van der Waals surface area contributed by atoms with Gasteiger partial charge in [-0.2, -0.15) is 10.2 Å². The third-order valence-corrected chi connectivity index (χ3v) is 10.6. The quantitative estimate of drug-likeness (QED) is 0.171. The Morgan fingerprint density at radius 1 is 1.06 bits per heavy atom. The molecule has 8 rings (SSSR count). The predicted molar refractivity (Wildman–Crippen MR) is 184 cm³/mol. The fourth-order valence-corrected chi connectivity index (χ4v) is 7.89. The largest absolute Gasteiger partial charge is 0.327 e. The minimum Gasteiger partial charge on any atom is -0.327 e. The van der Waals surface area contributed by atoms with Crippen molar-refractivity contribution in [3.05, 3.63) is 88.2 Å². The highest BCUT2D eigenvalue weighted by atomic mass is 79.9. The molecule has 0 aromatic carbocycles. The first kappa shape index (κ1) is 33.1. The summed E-state index contributed by atoms with van der Waals surface area (Å²) in [6, 6.07) is 5.16. The summed E-state index contributed by atoms with van der Waals surface area (Å²) in [4.78, 5) is 60.2. The molecule has 1 aliphatic carbocycles. The second-order valence-corrected chi connectivity index (χ2v) is 14.4. The van der Waals surface area contributed by atoms with Crippen LogP contribution in [0.2, 0.25) is 0 Å². The van der Waals surface area contributed by atoms with Crippen LogP contribution in [0.25, 0.3) is 28.2 Å². The SMILES string of the molecule is CC(=O)c1nn(CC(=O)N2[C@H]3C[C@]4(C[C@@H]24)Cn2ccc(n2)C=CCCC(F)(F)c2ccc(Br)nc2CC3=O)c2cnc(-c3cnc(C)nc3)cc12. The van der Waals surface area contributed by atoms with Crippen molar-refractivity contribution >= 4 is 50.4 Å². The van der Waals surface area contributed by atoms with E-state index in [9.17, 15) is 14.4 Å². The van der Waals surface area contributed by atoms with Crippen LogP contribution in [-0.2, 0) is 35.0 Å². The summed E-state index contributed by atoms with van der Waals surface area (Å²) in [5, 5.41) is 9.68. The molecule has 1 spiro atoms. The van der Waals surface area contributed by atoms with Gasteiger partial charge < -0.3 is 4.90 Å². The number of likely N-dealkylation sites (tertiary alicyclic amines) is 1. The summed E-state index contributed by atoms with van der Waals surface area (Å²) in [5.74, 6) is -3.66. The third kappa shape index (κ3) is 6.06. The lowest BCUT2D eigenvalue weighted by Crippen LogP contribution is -2.45. The van der Waals surface area contributed by atoms with Gasteiger partial charge in [0.05, 0.1) is 41.3 Å². The minimum absolute atomic E-state index is 0.0163. The number of nitrogens with zero attached hydrogens (tertiary/aromatic N) is 9. The first-order valence-electron chi connectivity index (χ1n) is 16.6. The molecule has 7 heterocycles. The van der Waals surface area contributed by atoms with Crippen molar-refractivity contribution in [1.29, 1.82) is 0 Å². The van der Waals surface area contributed by atoms with E-state index in [0.717, 1.165) is 0 Å². The van der Waals surface area contributed by atoms with Crippen LogP contribution in [0.5, 0.6) is 0 Å². The molecule has 5 aromatic heterocycles. The fraction of sp³-hybridized carbons (Fsp3) is 0.361. The van der Waals surface area contributed by atoms with E-state index in [1.54, 1.807) is 53.3 Å². The molecule has 15 heteroatoms. The van der Waals surface area contributed by atoms with Gasteiger partial charge in [0.1, 0.15) is 22.7 Å². The monoisotopic (exact) mass is 755 g/mol. The topological polar surface area (TPSA) is 142 Å². The van der Waals surface area contributed by atoms with Crippen LogP contribution in [-0.4, -0.2) is 74.0 Å². The highest BCUT2D eigenvalue weighted by Crippen LogP contribution is 2.61. The zero-order chi connectivity index (χ0) is 35.7. The lowest BCUT2D eigenvalue weighted by Gasteiger charge is -2.27. The van der Waals surface area contributed by atoms with Crippen molar-refractivity contribution in [2.24, 2.45) is 5.41 Å². The molecule has 51 heavy (non-hydrogen) atoms. The molecule has 3 aliphatic rings. The molecule has 260 valence electrons. The summed E-state index contributed by atoms with van der Waals surface area (Å²) in [6.07, 6.45) is 10.4. The number of rotatable bonds is 4. The van der Waals surface area contributed by atoms with Crippen molar-refractivity contribution in [2.75, 3.05) is 0 Å². The number of carbonyl (C=O) groups is 3. The van der Waals surface area contributed by atoms with E-state index in [-0.39, 0.29) is 59.9 Å². The molecular formula is C36H32BrF2N9O3. The van der Waals surface area contributed by atoms with Gasteiger partial charge in [-0.3, -0.25) is 28.7 Å². The Kier molecular flexibility index (Phi) is 8.00. The maximum atomic E-state index is 15.6. The van der Waals surface area contributed by atoms with E-state index in [1.807, 2.05) is 12.3 Å². The summed E-state index contributed by atoms with van der Waals surface area (Å²) in [7, 11) is 0. The number of hydrogen-bond acceptors (Lipinski definition) is 9. The van der Waals surface area contributed by atoms with Crippen LogP contribution in [0.4, 0.5) is 8.78 Å². The number of ketones is 2. The van der Waals surface area contributed by atoms with E-state index in [1.165, 1.54) is 23.7 Å². The van der Waals surface area contributed by atoms with Gasteiger partial charge in [-0.1, -0.05) is 6.08 Å². The number of pyridine rings is 2. The number of aromatic nitrogens is 8. The van der Waals surface area contributed by atoms with E-state index >= 15 is 8.78 Å². The predicted octanol–water partition coefficient (Wildman–Crippen LogP) is 5.52. The van der Waals surface area contributed by atoms with Gasteiger partial charge in [0.2, 0.25) is 5.91 Å². The van der Waals surface area contributed by atoms with Crippen molar-refractivity contribution < 1.29 is 23.2 Å². The summed E-state index contributed by atoms with van der Waals surface area (Å²) < 4.78 is 34.8. The van der Waals surface area contributed by atoms with Crippen LogP contribution in [0.3, 0.4) is 0 Å². The molecule has 1 saturated carbocycles. The van der Waals surface area contributed by atoms with Crippen molar-refractivity contribution in [3.63, 3.8) is 0 Å². The Morgan fingerprint density at radius 3 is 2.65 bits per heavy atom. The molecule has 2 fully saturated rings. The molecule has 3 atom stereocenters. The lowest BCUT2D eigenvalue weighted by atomic mass is 9.93. The number of piperidine rings is 1. The molecule has 1 saturated heterocycles. The van der Waals surface area contributed by atoms with Crippen LogP contribution in [0, 0.1) is 12.3 Å². The van der Waals surface area contributed by atoms with E-state index in [4.69, 9.17) is 0 Å². The number of alkyl halides is 2. The summed E-state index contributed by atoms with van der Waals surface area (Å²) >= 11 is 3.28. The molecule has 0 radical (unpaired) electrons. The first-order valence-corrected chi connectivity index (χ1v) is 17.4. The highest BCUT2D eigenvalue weighted by Gasteiger charge is 2.67. The van der Waals surface area contributed by atoms with Crippen LogP contribution in [0.1, 0.15) is 65.9 Å². The highest BCUT2D eigenvalue weighted by molar-refractivity contribution is 9.10. The minimum atomic E-state index is -3.24. The van der Waals surface area contributed by atoms with Gasteiger partial charge >= 0.3 is 0 Å². The van der Waals surface area contributed by atoms with Gasteiger partial charge in [-0.25, -0.2) is 23.7 Å². The van der Waals surface area contributed by atoms with Gasteiger partial charge in [-0.15, -0.1) is 0 Å². The van der Waals surface area contributed by atoms with E-state index < -0.39 is 23.8 Å². The Labute approximate surface area is 299 Å². The fourth-order valence-electron chi connectivity index (χ4n) is 7.54. The molecule has 0 unspecified atom stereocenters. The number of fused-ring (bicyclic) bond motifs is 5. The maximum Gasteiger partial charge on any atom is 0.275 e. The molecule has 2 aliphatic heterocycles. The van der Waals surface area contributed by atoms with Crippen LogP contribution >= 0.6 is 15.9 Å². The summed E-state index contributed by atoms with van der Waals surface area (Å²) in [6.45, 7) is 3.41. The number of amides is 1. The molecule has 12 nitrogen and oxygen atoms in total. The number of Topliss-reactive ketones (excluding diaryl/α,β-unsaturated/α-hetero) is 2. The summed E-state index contributed by atoms with van der Waals surface area (Å²) in [5.41, 5.74) is 1.76. The zero-order valence-electron chi connectivity index (χ0n) is 27.8. The second-order valence-electron chi connectivity index (χ2n) is 13.6. The number of aryl methyl sites for hydroxylation is 1. The van der Waals surface area contributed by atoms with E-state index in [2.05, 4.69) is 46.1 Å². The normalized spacial score (nSPS) is 22.5. The zero-order valence-corrected chi connectivity index (χ0v) is 29.3. The second kappa shape index (κ2) is 12.3. The Morgan fingerprint density at radius 2 is 1.86 bits per heavy atom. The van der Waals surface area contributed by atoms with Gasteiger partial charge in [0, 0.05) is 66.4 Å². The Hall–Kier alpha value is -5.05. The van der Waals surface area contributed by atoms with Gasteiger partial charge in [0.15, 0.2) is 11.6 Å².